The van der Waals surface area contributed by atoms with E-state index < -0.39 is 12.0 Å². The molecule has 0 fully saturated rings. The zero-order chi connectivity index (χ0) is 14.7. The van der Waals surface area contributed by atoms with Crippen molar-refractivity contribution in [2.24, 2.45) is 5.73 Å². The summed E-state index contributed by atoms with van der Waals surface area (Å²) < 4.78 is 0. The number of hydrogen-bond donors (Lipinski definition) is 3. The molecule has 0 unspecified atom stereocenters. The van der Waals surface area contributed by atoms with E-state index in [1.807, 2.05) is 30.3 Å². The maximum absolute atomic E-state index is 11.0. The summed E-state index contributed by atoms with van der Waals surface area (Å²) >= 11 is 5.94. The summed E-state index contributed by atoms with van der Waals surface area (Å²) in [4.78, 5) is 11.0. The Morgan fingerprint density at radius 3 is 2.45 bits per heavy atom. The lowest BCUT2D eigenvalue weighted by Crippen LogP contribution is -2.21. The van der Waals surface area contributed by atoms with Crippen LogP contribution >= 0.6 is 11.6 Å². The Morgan fingerprint density at radius 2 is 1.85 bits per heavy atom. The number of benzene rings is 2. The molecule has 0 heterocycles. The zero-order valence-corrected chi connectivity index (χ0v) is 11.3. The highest BCUT2D eigenvalue weighted by atomic mass is 35.5. The maximum Gasteiger partial charge on any atom is 0.325 e. The molecule has 4 nitrogen and oxygen atoms in total. The van der Waals surface area contributed by atoms with Crippen LogP contribution in [0.2, 0.25) is 5.02 Å². The van der Waals surface area contributed by atoms with Gasteiger partial charge in [0.05, 0.1) is 5.02 Å². The summed E-state index contributed by atoms with van der Waals surface area (Å²) in [5.74, 6) is -1.49. The number of carbonyl (C=O) groups is 1. The van der Waals surface area contributed by atoms with Crippen LogP contribution in [0, 0.1) is 0 Å². The molecular weight excluding hydrogens is 278 g/mol. The fourth-order valence-electron chi connectivity index (χ4n) is 1.98. The van der Waals surface area contributed by atoms with Crippen LogP contribution in [-0.2, 0) is 11.2 Å². The summed E-state index contributed by atoms with van der Waals surface area (Å²) in [6.07, 6.45) is 0.584. The standard InChI is InChI=1S/C15H14ClNO3/c16-12-8-10(6-9-4-2-1-3-5-9)7-11(14(12)18)13(17)15(19)20/h1-5,7-8,13,18H,6,17H2,(H,19,20)/t13-/m0/s1. The van der Waals surface area contributed by atoms with Gasteiger partial charge >= 0.3 is 5.97 Å². The van der Waals surface area contributed by atoms with E-state index in [0.29, 0.717) is 6.42 Å². The van der Waals surface area contributed by atoms with Gasteiger partial charge in [-0.2, -0.15) is 0 Å². The third-order valence-corrected chi connectivity index (χ3v) is 3.29. The van der Waals surface area contributed by atoms with E-state index in [1.165, 1.54) is 0 Å². The Bertz CT molecular complexity index is 629. The lowest BCUT2D eigenvalue weighted by Gasteiger charge is -2.13. The summed E-state index contributed by atoms with van der Waals surface area (Å²) in [5, 5.41) is 18.9. The highest BCUT2D eigenvalue weighted by Gasteiger charge is 2.20. The van der Waals surface area contributed by atoms with Gasteiger partial charge in [0.15, 0.2) is 0 Å². The predicted octanol–water partition coefficient (Wildman–Crippen LogP) is 2.72. The summed E-state index contributed by atoms with van der Waals surface area (Å²) in [7, 11) is 0. The molecule has 0 amide bonds. The van der Waals surface area contributed by atoms with Crippen LogP contribution in [0.25, 0.3) is 0 Å². The van der Waals surface area contributed by atoms with Gasteiger partial charge in [-0.15, -0.1) is 0 Å². The first-order valence-electron chi connectivity index (χ1n) is 6.02. The molecule has 2 aromatic carbocycles. The van der Waals surface area contributed by atoms with Crippen LogP contribution in [0.1, 0.15) is 22.7 Å². The molecule has 2 aromatic rings. The molecule has 2 rings (SSSR count). The van der Waals surface area contributed by atoms with Crippen LogP contribution in [0.4, 0.5) is 0 Å². The molecule has 0 saturated heterocycles. The molecule has 5 heteroatoms. The molecule has 1 atom stereocenters. The van der Waals surface area contributed by atoms with E-state index >= 15 is 0 Å². The van der Waals surface area contributed by atoms with Crippen LogP contribution in [0.3, 0.4) is 0 Å². The van der Waals surface area contributed by atoms with Crippen LogP contribution in [-0.4, -0.2) is 16.2 Å². The average Bonchev–Trinajstić information content (AvgIpc) is 2.43. The van der Waals surface area contributed by atoms with Crippen LogP contribution < -0.4 is 5.73 Å². The fourth-order valence-corrected chi connectivity index (χ4v) is 2.23. The van der Waals surface area contributed by atoms with Gasteiger partial charge in [-0.3, -0.25) is 4.79 Å². The fraction of sp³-hybridized carbons (Fsp3) is 0.133. The maximum atomic E-state index is 11.0. The number of hydrogen-bond acceptors (Lipinski definition) is 3. The average molecular weight is 292 g/mol. The predicted molar refractivity (Wildman–Crippen MR) is 76.9 cm³/mol. The molecule has 0 radical (unpaired) electrons. The molecule has 0 bridgehead atoms. The first kappa shape index (κ1) is 14.4. The van der Waals surface area contributed by atoms with Crippen molar-refractivity contribution in [1.29, 1.82) is 0 Å². The number of carboxylic acid groups (broad SMARTS) is 1. The summed E-state index contributed by atoms with van der Waals surface area (Å²) in [6, 6.07) is 11.6. The quantitative estimate of drug-likeness (QED) is 0.809. The first-order valence-corrected chi connectivity index (χ1v) is 6.40. The number of halogens is 1. The molecule has 0 saturated carbocycles. The number of nitrogens with two attached hydrogens (primary N) is 1. The van der Waals surface area contributed by atoms with Crippen molar-refractivity contribution in [2.45, 2.75) is 12.5 Å². The molecule has 0 aromatic heterocycles. The topological polar surface area (TPSA) is 83.6 Å². The SMILES string of the molecule is N[C@H](C(=O)O)c1cc(Cc2ccccc2)cc(Cl)c1O. The van der Waals surface area contributed by atoms with Gasteiger partial charge in [-0.1, -0.05) is 41.9 Å². The number of aliphatic carboxylic acids is 1. The Balaban J connectivity index is 2.38. The largest absolute Gasteiger partial charge is 0.506 e. The van der Waals surface area contributed by atoms with Gasteiger partial charge in [-0.25, -0.2) is 0 Å². The Kier molecular flexibility index (Phi) is 4.27. The second-order valence-electron chi connectivity index (χ2n) is 4.49. The van der Waals surface area contributed by atoms with Crippen molar-refractivity contribution >= 4 is 17.6 Å². The van der Waals surface area contributed by atoms with E-state index in [2.05, 4.69) is 0 Å². The molecule has 0 aliphatic rings. The third-order valence-electron chi connectivity index (χ3n) is 3.00. The summed E-state index contributed by atoms with van der Waals surface area (Å²) in [5.41, 5.74) is 7.53. The number of rotatable bonds is 4. The molecule has 0 spiro atoms. The lowest BCUT2D eigenvalue weighted by atomic mass is 9.99. The molecule has 0 aliphatic carbocycles. The molecule has 4 N–H and O–H groups in total. The molecular formula is C15H14ClNO3. The van der Waals surface area contributed by atoms with E-state index in [4.69, 9.17) is 22.4 Å². The summed E-state index contributed by atoms with van der Waals surface area (Å²) in [6.45, 7) is 0. The van der Waals surface area contributed by atoms with Crippen molar-refractivity contribution in [2.75, 3.05) is 0 Å². The number of carboxylic acids is 1. The highest BCUT2D eigenvalue weighted by Crippen LogP contribution is 2.33. The van der Waals surface area contributed by atoms with Crippen molar-refractivity contribution in [3.05, 3.63) is 64.2 Å². The lowest BCUT2D eigenvalue weighted by molar-refractivity contribution is -0.138. The van der Waals surface area contributed by atoms with Crippen molar-refractivity contribution in [3.63, 3.8) is 0 Å². The third kappa shape index (κ3) is 3.10. The van der Waals surface area contributed by atoms with Crippen LogP contribution in [0.15, 0.2) is 42.5 Å². The van der Waals surface area contributed by atoms with E-state index in [-0.39, 0.29) is 16.3 Å². The minimum Gasteiger partial charge on any atom is -0.506 e. The van der Waals surface area contributed by atoms with Crippen molar-refractivity contribution in [3.8, 4) is 5.75 Å². The van der Waals surface area contributed by atoms with Gasteiger partial charge in [0.2, 0.25) is 0 Å². The van der Waals surface area contributed by atoms with E-state index in [9.17, 15) is 9.90 Å². The van der Waals surface area contributed by atoms with Gasteiger partial charge in [0.25, 0.3) is 0 Å². The number of phenolic OH excluding ortho intramolecular Hbond substituents is 1. The number of phenols is 1. The van der Waals surface area contributed by atoms with Gasteiger partial charge in [0.1, 0.15) is 11.8 Å². The van der Waals surface area contributed by atoms with Crippen molar-refractivity contribution < 1.29 is 15.0 Å². The highest BCUT2D eigenvalue weighted by molar-refractivity contribution is 6.32. The zero-order valence-electron chi connectivity index (χ0n) is 10.6. The number of aromatic hydroxyl groups is 1. The second kappa shape index (κ2) is 5.94. The minimum atomic E-state index is -1.30. The Hall–Kier alpha value is -2.04. The van der Waals surface area contributed by atoms with Gasteiger partial charge < -0.3 is 15.9 Å². The Morgan fingerprint density at radius 1 is 1.20 bits per heavy atom. The second-order valence-corrected chi connectivity index (χ2v) is 4.90. The molecule has 0 aliphatic heterocycles. The van der Waals surface area contributed by atoms with Gasteiger partial charge in [0, 0.05) is 5.56 Å². The van der Waals surface area contributed by atoms with E-state index in [0.717, 1.165) is 11.1 Å². The Labute approximate surface area is 121 Å². The van der Waals surface area contributed by atoms with Gasteiger partial charge in [-0.05, 0) is 29.7 Å². The molecule has 20 heavy (non-hydrogen) atoms. The first-order chi connectivity index (χ1) is 9.49. The monoisotopic (exact) mass is 291 g/mol. The minimum absolute atomic E-state index is 0.102. The van der Waals surface area contributed by atoms with Crippen LogP contribution in [0.5, 0.6) is 5.75 Å². The molecule has 104 valence electrons. The smallest absolute Gasteiger partial charge is 0.325 e. The van der Waals surface area contributed by atoms with E-state index in [1.54, 1.807) is 12.1 Å². The van der Waals surface area contributed by atoms with Crippen molar-refractivity contribution in [1.82, 2.24) is 0 Å². The normalized spacial score (nSPS) is 12.1.